The molecule has 1 aliphatic heterocycles. The summed E-state index contributed by atoms with van der Waals surface area (Å²) in [6.07, 6.45) is 1.26. The molecule has 1 saturated heterocycles. The Bertz CT molecular complexity index is 292. The van der Waals surface area contributed by atoms with E-state index in [2.05, 4.69) is 12.2 Å². The van der Waals surface area contributed by atoms with Gasteiger partial charge >= 0.3 is 5.97 Å². The van der Waals surface area contributed by atoms with E-state index in [1.165, 1.54) is 0 Å². The van der Waals surface area contributed by atoms with Crippen LogP contribution < -0.4 is 5.32 Å². The summed E-state index contributed by atoms with van der Waals surface area (Å²) >= 11 is 0. The number of nitrogens with one attached hydrogen (secondary N) is 1. The Morgan fingerprint density at radius 2 is 2.00 bits per heavy atom. The first-order valence-electron chi connectivity index (χ1n) is 6.50. The zero-order valence-electron chi connectivity index (χ0n) is 11.5. The average Bonchev–Trinajstić information content (AvgIpc) is 2.24. The van der Waals surface area contributed by atoms with Gasteiger partial charge in [-0.1, -0.05) is 6.92 Å². The quantitative estimate of drug-likeness (QED) is 0.697. The highest BCUT2D eigenvalue weighted by Gasteiger charge is 2.38. The minimum atomic E-state index is -0.311. The molecule has 1 N–H and O–H groups in total. The normalized spacial score (nSPS) is 17.1. The molecule has 104 valence electrons. The van der Waals surface area contributed by atoms with Crippen molar-refractivity contribution in [2.45, 2.75) is 46.1 Å². The van der Waals surface area contributed by atoms with Crippen LogP contribution in [0.5, 0.6) is 0 Å². The highest BCUT2D eigenvalue weighted by atomic mass is 16.5. The van der Waals surface area contributed by atoms with Crippen LogP contribution >= 0.6 is 0 Å². The maximum Gasteiger partial charge on any atom is 0.306 e. The zero-order chi connectivity index (χ0) is 13.6. The number of hydrogen-bond donors (Lipinski definition) is 1. The smallest absolute Gasteiger partial charge is 0.306 e. The fourth-order valence-corrected chi connectivity index (χ4v) is 1.70. The Hall–Kier alpha value is -1.10. The summed E-state index contributed by atoms with van der Waals surface area (Å²) in [6, 6.07) is 0.101. The average molecular weight is 257 g/mol. The van der Waals surface area contributed by atoms with Gasteiger partial charge in [0, 0.05) is 12.5 Å². The SMILES string of the molecule is CCC1(COC(=O)CCC(=O)NC(C)C)COC1. The first-order chi connectivity index (χ1) is 8.47. The third-order valence-corrected chi connectivity index (χ3v) is 3.11. The van der Waals surface area contributed by atoms with Gasteiger partial charge in [0.1, 0.15) is 6.61 Å². The molecule has 0 spiro atoms. The van der Waals surface area contributed by atoms with Gasteiger partial charge in [-0.05, 0) is 20.3 Å². The van der Waals surface area contributed by atoms with Crippen LogP contribution in [0.3, 0.4) is 0 Å². The molecule has 0 aromatic rings. The van der Waals surface area contributed by atoms with Crippen LogP contribution in [-0.4, -0.2) is 37.7 Å². The summed E-state index contributed by atoms with van der Waals surface area (Å²) in [6.45, 7) is 7.55. The Morgan fingerprint density at radius 1 is 1.33 bits per heavy atom. The topological polar surface area (TPSA) is 64.6 Å². The van der Waals surface area contributed by atoms with Crippen molar-refractivity contribution in [1.29, 1.82) is 0 Å². The number of hydrogen-bond acceptors (Lipinski definition) is 4. The molecule has 1 rings (SSSR count). The summed E-state index contributed by atoms with van der Waals surface area (Å²) in [4.78, 5) is 22.8. The summed E-state index contributed by atoms with van der Waals surface area (Å²) in [5.74, 6) is -0.423. The molecule has 0 aromatic heterocycles. The zero-order valence-corrected chi connectivity index (χ0v) is 11.5. The van der Waals surface area contributed by atoms with Gasteiger partial charge in [-0.2, -0.15) is 0 Å². The summed E-state index contributed by atoms with van der Waals surface area (Å²) in [5.41, 5.74) is 0.00977. The van der Waals surface area contributed by atoms with E-state index in [4.69, 9.17) is 9.47 Å². The first-order valence-corrected chi connectivity index (χ1v) is 6.50. The van der Waals surface area contributed by atoms with Gasteiger partial charge in [0.2, 0.25) is 5.91 Å². The van der Waals surface area contributed by atoms with Crippen molar-refractivity contribution < 1.29 is 19.1 Å². The van der Waals surface area contributed by atoms with E-state index >= 15 is 0 Å². The second-order valence-corrected chi connectivity index (χ2v) is 5.23. The Labute approximate surface area is 108 Å². The molecule has 1 aliphatic rings. The van der Waals surface area contributed by atoms with E-state index in [1.54, 1.807) is 0 Å². The molecular formula is C13H23NO4. The van der Waals surface area contributed by atoms with Crippen LogP contribution in [0, 0.1) is 5.41 Å². The second kappa shape index (κ2) is 6.73. The fraction of sp³-hybridized carbons (Fsp3) is 0.846. The van der Waals surface area contributed by atoms with E-state index < -0.39 is 0 Å². The Balaban J connectivity index is 2.16. The molecule has 18 heavy (non-hydrogen) atoms. The lowest BCUT2D eigenvalue weighted by molar-refractivity contribution is -0.170. The molecule has 5 nitrogen and oxygen atoms in total. The second-order valence-electron chi connectivity index (χ2n) is 5.23. The predicted octanol–water partition coefficient (Wildman–Crippen LogP) is 1.26. The number of carbonyl (C=O) groups excluding carboxylic acids is 2. The van der Waals surface area contributed by atoms with Crippen LogP contribution in [0.25, 0.3) is 0 Å². The van der Waals surface area contributed by atoms with Crippen molar-refractivity contribution in [2.75, 3.05) is 19.8 Å². The molecule has 0 saturated carbocycles. The molecule has 0 radical (unpaired) electrons. The van der Waals surface area contributed by atoms with Crippen molar-refractivity contribution in [3.63, 3.8) is 0 Å². The molecule has 0 aliphatic carbocycles. The minimum Gasteiger partial charge on any atom is -0.465 e. The number of carbonyl (C=O) groups is 2. The highest BCUT2D eigenvalue weighted by Crippen LogP contribution is 2.31. The van der Waals surface area contributed by atoms with Crippen molar-refractivity contribution in [3.05, 3.63) is 0 Å². The molecule has 1 amide bonds. The van der Waals surface area contributed by atoms with Crippen LogP contribution in [0.4, 0.5) is 0 Å². The summed E-state index contributed by atoms with van der Waals surface area (Å²) in [5, 5.41) is 2.74. The number of amides is 1. The van der Waals surface area contributed by atoms with Crippen molar-refractivity contribution in [1.82, 2.24) is 5.32 Å². The molecule has 1 heterocycles. The third-order valence-electron chi connectivity index (χ3n) is 3.11. The summed E-state index contributed by atoms with van der Waals surface area (Å²) < 4.78 is 10.3. The maximum absolute atomic E-state index is 11.5. The lowest BCUT2D eigenvalue weighted by Crippen LogP contribution is -2.46. The third kappa shape index (κ3) is 4.64. The van der Waals surface area contributed by atoms with Crippen LogP contribution in [0.2, 0.25) is 0 Å². The summed E-state index contributed by atoms with van der Waals surface area (Å²) in [7, 11) is 0. The largest absolute Gasteiger partial charge is 0.465 e. The highest BCUT2D eigenvalue weighted by molar-refractivity contribution is 5.81. The predicted molar refractivity (Wildman–Crippen MR) is 67.0 cm³/mol. The van der Waals surface area contributed by atoms with Gasteiger partial charge in [0.15, 0.2) is 0 Å². The van der Waals surface area contributed by atoms with Crippen LogP contribution in [0.15, 0.2) is 0 Å². The molecular weight excluding hydrogens is 234 g/mol. The number of ether oxygens (including phenoxy) is 2. The number of rotatable bonds is 7. The number of esters is 1. The first kappa shape index (κ1) is 15.0. The molecule has 5 heteroatoms. The standard InChI is InChI=1S/C13H23NO4/c1-4-13(7-17-8-13)9-18-12(16)6-5-11(15)14-10(2)3/h10H,4-9H2,1-3H3,(H,14,15). The van der Waals surface area contributed by atoms with Crippen molar-refractivity contribution in [2.24, 2.45) is 5.41 Å². The van der Waals surface area contributed by atoms with Crippen molar-refractivity contribution >= 4 is 11.9 Å². The van der Waals surface area contributed by atoms with Crippen LogP contribution in [-0.2, 0) is 19.1 Å². The van der Waals surface area contributed by atoms with Gasteiger partial charge in [-0.3, -0.25) is 9.59 Å². The van der Waals surface area contributed by atoms with E-state index in [0.717, 1.165) is 6.42 Å². The van der Waals surface area contributed by atoms with Gasteiger partial charge in [0.05, 0.1) is 25.0 Å². The Morgan fingerprint density at radius 3 is 2.44 bits per heavy atom. The molecule has 0 atom stereocenters. The van der Waals surface area contributed by atoms with Crippen LogP contribution in [0.1, 0.15) is 40.0 Å². The molecule has 0 aromatic carbocycles. The van der Waals surface area contributed by atoms with Gasteiger partial charge in [-0.25, -0.2) is 0 Å². The Kier molecular flexibility index (Phi) is 5.59. The van der Waals surface area contributed by atoms with Gasteiger partial charge in [-0.15, -0.1) is 0 Å². The van der Waals surface area contributed by atoms with E-state index in [9.17, 15) is 9.59 Å². The molecule has 0 unspecified atom stereocenters. The van der Waals surface area contributed by atoms with Gasteiger partial charge in [0.25, 0.3) is 0 Å². The minimum absolute atomic E-state index is 0.00977. The van der Waals surface area contributed by atoms with Crippen molar-refractivity contribution in [3.8, 4) is 0 Å². The lowest BCUT2D eigenvalue weighted by atomic mass is 9.84. The lowest BCUT2D eigenvalue weighted by Gasteiger charge is -2.39. The molecule has 1 fully saturated rings. The fourth-order valence-electron chi connectivity index (χ4n) is 1.70. The maximum atomic E-state index is 11.5. The van der Waals surface area contributed by atoms with E-state index in [1.807, 2.05) is 13.8 Å². The van der Waals surface area contributed by atoms with E-state index in [0.29, 0.717) is 19.8 Å². The van der Waals surface area contributed by atoms with Gasteiger partial charge < -0.3 is 14.8 Å². The molecule has 0 bridgehead atoms. The monoisotopic (exact) mass is 257 g/mol. The van der Waals surface area contributed by atoms with E-state index in [-0.39, 0.29) is 36.2 Å².